The molecule has 2 aliphatic rings. The van der Waals surface area contributed by atoms with Crippen molar-refractivity contribution in [1.82, 2.24) is 15.3 Å². The van der Waals surface area contributed by atoms with Crippen LogP contribution in [0.1, 0.15) is 31.2 Å². The van der Waals surface area contributed by atoms with Crippen molar-refractivity contribution in [3.8, 4) is 6.07 Å². The van der Waals surface area contributed by atoms with E-state index >= 15 is 0 Å². The molecule has 2 saturated heterocycles. The van der Waals surface area contributed by atoms with Crippen molar-refractivity contribution < 1.29 is 9.59 Å². The van der Waals surface area contributed by atoms with Gasteiger partial charge in [0.25, 0.3) is 0 Å². The molecule has 3 rings (SSSR count). The highest BCUT2D eigenvalue weighted by Gasteiger charge is 2.42. The summed E-state index contributed by atoms with van der Waals surface area (Å²) in [7, 11) is 0. The molecule has 8 nitrogen and oxygen atoms in total. The fourth-order valence-corrected chi connectivity index (χ4v) is 3.15. The van der Waals surface area contributed by atoms with Crippen LogP contribution < -0.4 is 16.0 Å². The second-order valence-electron chi connectivity index (χ2n) is 5.89. The molecule has 22 heavy (non-hydrogen) atoms. The summed E-state index contributed by atoms with van der Waals surface area (Å²) < 4.78 is 0. The van der Waals surface area contributed by atoms with Crippen LogP contribution in [0.4, 0.5) is 11.8 Å². The van der Waals surface area contributed by atoms with Crippen molar-refractivity contribution in [3.63, 3.8) is 0 Å². The minimum absolute atomic E-state index is 0.167. The van der Waals surface area contributed by atoms with E-state index in [9.17, 15) is 9.59 Å². The first-order valence-corrected chi connectivity index (χ1v) is 7.12. The number of hydrogen-bond acceptors (Lipinski definition) is 7. The predicted molar refractivity (Wildman–Crippen MR) is 77.4 cm³/mol. The number of rotatable bonds is 1. The summed E-state index contributed by atoms with van der Waals surface area (Å²) in [4.78, 5) is 33.5. The molecular weight excluding hydrogens is 284 g/mol. The first kappa shape index (κ1) is 14.3. The zero-order valence-corrected chi connectivity index (χ0v) is 12.0. The lowest BCUT2D eigenvalue weighted by molar-refractivity contribution is -0.138. The lowest BCUT2D eigenvalue weighted by Gasteiger charge is -2.42. The molecule has 1 aromatic heterocycles. The predicted octanol–water partition coefficient (Wildman–Crippen LogP) is -0.0463. The van der Waals surface area contributed by atoms with Crippen molar-refractivity contribution >= 4 is 23.6 Å². The summed E-state index contributed by atoms with van der Waals surface area (Å²) in [5.41, 5.74) is 5.73. The van der Waals surface area contributed by atoms with E-state index in [4.69, 9.17) is 11.0 Å². The van der Waals surface area contributed by atoms with Gasteiger partial charge in [0.2, 0.25) is 17.8 Å². The molecule has 2 aliphatic heterocycles. The third-order valence-corrected chi connectivity index (χ3v) is 4.38. The number of amides is 2. The molecule has 1 aromatic rings. The molecule has 2 fully saturated rings. The molecule has 8 heteroatoms. The standard InChI is InChI=1S/C14H16N6O2/c15-7-9-8-17-13(19-12(9)16)20-3-1-14(2-4-20)5-10(21)18-11(22)6-14/h8H,1-6H2,(H2,16,17,19)(H,18,21,22). The number of carbonyl (C=O) groups excluding carboxylic acids is 2. The van der Waals surface area contributed by atoms with Crippen LogP contribution in [0.15, 0.2) is 6.20 Å². The van der Waals surface area contributed by atoms with E-state index in [2.05, 4.69) is 15.3 Å². The van der Waals surface area contributed by atoms with Gasteiger partial charge in [0.1, 0.15) is 17.5 Å². The molecule has 0 aromatic carbocycles. The van der Waals surface area contributed by atoms with Gasteiger partial charge in [-0.1, -0.05) is 0 Å². The third-order valence-electron chi connectivity index (χ3n) is 4.38. The normalized spacial score (nSPS) is 20.6. The summed E-state index contributed by atoms with van der Waals surface area (Å²) in [6.45, 7) is 1.32. The highest BCUT2D eigenvalue weighted by atomic mass is 16.2. The van der Waals surface area contributed by atoms with Crippen molar-refractivity contribution in [2.45, 2.75) is 25.7 Å². The lowest BCUT2D eigenvalue weighted by Crippen LogP contribution is -2.50. The van der Waals surface area contributed by atoms with E-state index in [1.165, 1.54) is 6.20 Å². The largest absolute Gasteiger partial charge is 0.382 e. The average molecular weight is 300 g/mol. The maximum atomic E-state index is 11.6. The van der Waals surface area contributed by atoms with Gasteiger partial charge >= 0.3 is 0 Å². The van der Waals surface area contributed by atoms with E-state index in [-0.39, 0.29) is 28.6 Å². The van der Waals surface area contributed by atoms with Crippen LogP contribution >= 0.6 is 0 Å². The van der Waals surface area contributed by atoms with Gasteiger partial charge in [-0.05, 0) is 18.3 Å². The highest BCUT2D eigenvalue weighted by Crippen LogP contribution is 2.40. The van der Waals surface area contributed by atoms with Gasteiger partial charge in [-0.25, -0.2) is 4.98 Å². The number of anilines is 2. The van der Waals surface area contributed by atoms with E-state index < -0.39 is 0 Å². The molecule has 0 atom stereocenters. The minimum atomic E-state index is -0.242. The number of aromatic nitrogens is 2. The number of imide groups is 1. The summed E-state index contributed by atoms with van der Waals surface area (Å²) in [5, 5.41) is 11.2. The maximum Gasteiger partial charge on any atom is 0.227 e. The zero-order chi connectivity index (χ0) is 15.7. The Bertz CT molecular complexity index is 654. The summed E-state index contributed by atoms with van der Waals surface area (Å²) in [6, 6.07) is 1.93. The van der Waals surface area contributed by atoms with Gasteiger partial charge in [0, 0.05) is 25.9 Å². The zero-order valence-electron chi connectivity index (χ0n) is 12.0. The minimum Gasteiger partial charge on any atom is -0.382 e. The van der Waals surface area contributed by atoms with Gasteiger partial charge in [-0.15, -0.1) is 0 Å². The Morgan fingerprint density at radius 1 is 1.27 bits per heavy atom. The summed E-state index contributed by atoms with van der Waals surface area (Å²) in [5.74, 6) is 0.269. The van der Waals surface area contributed by atoms with E-state index in [0.29, 0.717) is 31.9 Å². The Labute approximate surface area is 127 Å². The Morgan fingerprint density at radius 2 is 1.91 bits per heavy atom. The average Bonchev–Trinajstić information content (AvgIpc) is 2.46. The number of nitrogens with zero attached hydrogens (tertiary/aromatic N) is 4. The molecule has 3 heterocycles. The number of nitrogens with two attached hydrogens (primary N) is 1. The summed E-state index contributed by atoms with van der Waals surface area (Å²) in [6.07, 6.45) is 3.66. The van der Waals surface area contributed by atoms with Gasteiger partial charge in [-0.2, -0.15) is 10.2 Å². The fourth-order valence-electron chi connectivity index (χ4n) is 3.15. The van der Waals surface area contributed by atoms with Crippen LogP contribution in [0.3, 0.4) is 0 Å². The van der Waals surface area contributed by atoms with Crippen LogP contribution in [-0.2, 0) is 9.59 Å². The Hall–Kier alpha value is -2.69. The molecule has 2 amide bonds. The van der Waals surface area contributed by atoms with Crippen molar-refractivity contribution in [2.24, 2.45) is 5.41 Å². The second kappa shape index (κ2) is 5.26. The third kappa shape index (κ3) is 2.57. The second-order valence-corrected chi connectivity index (χ2v) is 5.89. The number of carbonyl (C=O) groups is 2. The molecule has 114 valence electrons. The monoisotopic (exact) mass is 300 g/mol. The van der Waals surface area contributed by atoms with Crippen LogP contribution in [0.25, 0.3) is 0 Å². The van der Waals surface area contributed by atoms with Gasteiger partial charge in [0.05, 0.1) is 6.20 Å². The highest BCUT2D eigenvalue weighted by molar-refractivity contribution is 5.98. The molecule has 0 radical (unpaired) electrons. The number of nitrogen functional groups attached to an aromatic ring is 1. The number of nitrogens with one attached hydrogen (secondary N) is 1. The number of piperidine rings is 2. The fraction of sp³-hybridized carbons (Fsp3) is 0.500. The molecule has 0 aliphatic carbocycles. The first-order valence-electron chi connectivity index (χ1n) is 7.12. The van der Waals surface area contributed by atoms with E-state index in [1.807, 2.05) is 11.0 Å². The van der Waals surface area contributed by atoms with Crippen LogP contribution in [0, 0.1) is 16.7 Å². The van der Waals surface area contributed by atoms with Crippen LogP contribution in [0.2, 0.25) is 0 Å². The smallest absolute Gasteiger partial charge is 0.227 e. The van der Waals surface area contributed by atoms with Crippen molar-refractivity contribution in [1.29, 1.82) is 5.26 Å². The topological polar surface area (TPSA) is 125 Å². The first-order chi connectivity index (χ1) is 10.5. The number of nitriles is 1. The van der Waals surface area contributed by atoms with Gasteiger partial charge in [-0.3, -0.25) is 14.9 Å². The maximum absolute atomic E-state index is 11.6. The van der Waals surface area contributed by atoms with Gasteiger partial charge < -0.3 is 10.6 Å². The van der Waals surface area contributed by atoms with Gasteiger partial charge in [0.15, 0.2) is 0 Å². The van der Waals surface area contributed by atoms with Crippen molar-refractivity contribution in [2.75, 3.05) is 23.7 Å². The van der Waals surface area contributed by atoms with E-state index in [0.717, 1.165) is 12.8 Å². The Balaban J connectivity index is 1.72. The van der Waals surface area contributed by atoms with Crippen LogP contribution in [-0.4, -0.2) is 34.9 Å². The Kier molecular flexibility index (Phi) is 3.41. The van der Waals surface area contributed by atoms with E-state index in [1.54, 1.807) is 0 Å². The lowest BCUT2D eigenvalue weighted by atomic mass is 9.71. The molecule has 0 saturated carbocycles. The number of hydrogen-bond donors (Lipinski definition) is 2. The summed E-state index contributed by atoms with van der Waals surface area (Å²) >= 11 is 0. The SMILES string of the molecule is N#Cc1cnc(N2CCC3(CC2)CC(=O)NC(=O)C3)nc1N. The van der Waals surface area contributed by atoms with Crippen molar-refractivity contribution in [3.05, 3.63) is 11.8 Å². The quantitative estimate of drug-likeness (QED) is 0.697. The molecule has 0 bridgehead atoms. The van der Waals surface area contributed by atoms with Crippen LogP contribution in [0.5, 0.6) is 0 Å². The Morgan fingerprint density at radius 3 is 2.45 bits per heavy atom. The molecule has 1 spiro atoms. The molecule has 3 N–H and O–H groups in total. The molecular formula is C14H16N6O2. The molecule has 0 unspecified atom stereocenters.